The summed E-state index contributed by atoms with van der Waals surface area (Å²) in [6, 6.07) is 0. The SMILES string of the molecule is CCCn1cc(C(=O)c2snnc2CC)cn1. The summed E-state index contributed by atoms with van der Waals surface area (Å²) in [5, 5.41) is 8.10. The molecule has 90 valence electrons. The highest BCUT2D eigenvalue weighted by molar-refractivity contribution is 7.08. The maximum atomic E-state index is 12.2. The standard InChI is InChI=1S/C11H14N4OS/c1-3-5-15-7-8(6-12-15)10(16)11-9(4-2)13-14-17-11/h6-7H,3-5H2,1-2H3. The third-order valence-corrected chi connectivity index (χ3v) is 3.21. The minimum atomic E-state index is -0.0285. The highest BCUT2D eigenvalue weighted by atomic mass is 32.1. The average molecular weight is 250 g/mol. The molecule has 17 heavy (non-hydrogen) atoms. The molecule has 0 radical (unpaired) electrons. The molecule has 5 nitrogen and oxygen atoms in total. The number of aromatic nitrogens is 4. The van der Waals surface area contributed by atoms with Gasteiger partial charge in [0.25, 0.3) is 0 Å². The average Bonchev–Trinajstić information content (AvgIpc) is 2.96. The van der Waals surface area contributed by atoms with Gasteiger partial charge in [0.1, 0.15) is 4.88 Å². The molecule has 0 amide bonds. The third kappa shape index (κ3) is 2.41. The van der Waals surface area contributed by atoms with Gasteiger partial charge in [-0.15, -0.1) is 5.10 Å². The van der Waals surface area contributed by atoms with Gasteiger partial charge in [-0.1, -0.05) is 18.3 Å². The van der Waals surface area contributed by atoms with Crippen LogP contribution in [0.3, 0.4) is 0 Å². The number of rotatable bonds is 5. The summed E-state index contributed by atoms with van der Waals surface area (Å²) in [6.07, 6.45) is 5.11. The van der Waals surface area contributed by atoms with Crippen LogP contribution in [-0.4, -0.2) is 25.2 Å². The number of carbonyl (C=O) groups is 1. The smallest absolute Gasteiger partial charge is 0.209 e. The zero-order valence-electron chi connectivity index (χ0n) is 9.88. The van der Waals surface area contributed by atoms with Crippen LogP contribution in [0.2, 0.25) is 0 Å². The van der Waals surface area contributed by atoms with E-state index < -0.39 is 0 Å². The van der Waals surface area contributed by atoms with Crippen molar-refractivity contribution >= 4 is 17.3 Å². The van der Waals surface area contributed by atoms with Crippen molar-refractivity contribution in [3.05, 3.63) is 28.5 Å². The van der Waals surface area contributed by atoms with E-state index >= 15 is 0 Å². The van der Waals surface area contributed by atoms with Crippen molar-refractivity contribution in [1.82, 2.24) is 19.4 Å². The quantitative estimate of drug-likeness (QED) is 0.761. The summed E-state index contributed by atoms with van der Waals surface area (Å²) in [5.41, 5.74) is 1.38. The molecule has 0 atom stereocenters. The molecule has 0 saturated carbocycles. The highest BCUT2D eigenvalue weighted by Crippen LogP contribution is 2.16. The van der Waals surface area contributed by atoms with Crippen LogP contribution in [0, 0.1) is 0 Å². The van der Waals surface area contributed by atoms with Gasteiger partial charge in [0.2, 0.25) is 5.78 Å². The van der Waals surface area contributed by atoms with Crippen LogP contribution in [0.1, 0.15) is 41.2 Å². The van der Waals surface area contributed by atoms with Gasteiger partial charge in [0, 0.05) is 12.7 Å². The number of ketones is 1. The molecular weight excluding hydrogens is 236 g/mol. The van der Waals surface area contributed by atoms with Gasteiger partial charge in [-0.3, -0.25) is 9.48 Å². The van der Waals surface area contributed by atoms with E-state index in [1.807, 2.05) is 6.92 Å². The largest absolute Gasteiger partial charge is 0.287 e. The van der Waals surface area contributed by atoms with Crippen LogP contribution in [0.25, 0.3) is 0 Å². The molecule has 0 aliphatic rings. The second kappa shape index (κ2) is 5.18. The summed E-state index contributed by atoms with van der Waals surface area (Å²) in [6.45, 7) is 4.87. The lowest BCUT2D eigenvalue weighted by Gasteiger charge is -1.96. The maximum Gasteiger partial charge on any atom is 0.209 e. The van der Waals surface area contributed by atoms with E-state index in [1.54, 1.807) is 17.1 Å². The molecule has 0 saturated heterocycles. The lowest BCUT2D eigenvalue weighted by Crippen LogP contribution is -2.01. The Morgan fingerprint density at radius 1 is 1.47 bits per heavy atom. The molecule has 0 bridgehead atoms. The van der Waals surface area contributed by atoms with E-state index in [-0.39, 0.29) is 5.78 Å². The number of aryl methyl sites for hydroxylation is 2. The molecule has 0 aliphatic heterocycles. The number of hydrogen-bond acceptors (Lipinski definition) is 5. The van der Waals surface area contributed by atoms with Gasteiger partial charge >= 0.3 is 0 Å². The molecule has 0 fully saturated rings. The van der Waals surface area contributed by atoms with Crippen LogP contribution in [0.5, 0.6) is 0 Å². The maximum absolute atomic E-state index is 12.2. The van der Waals surface area contributed by atoms with E-state index in [4.69, 9.17) is 0 Å². The minimum absolute atomic E-state index is 0.0285. The fraction of sp³-hybridized carbons (Fsp3) is 0.455. The zero-order valence-corrected chi connectivity index (χ0v) is 10.7. The molecule has 2 aromatic rings. The van der Waals surface area contributed by atoms with Crippen LogP contribution in [0.15, 0.2) is 12.4 Å². The van der Waals surface area contributed by atoms with Crippen LogP contribution < -0.4 is 0 Å². The van der Waals surface area contributed by atoms with Gasteiger partial charge < -0.3 is 0 Å². The summed E-state index contributed by atoms with van der Waals surface area (Å²) < 4.78 is 5.61. The Hall–Kier alpha value is -1.56. The first kappa shape index (κ1) is 11.9. The molecule has 2 aromatic heterocycles. The predicted molar refractivity (Wildman–Crippen MR) is 65.2 cm³/mol. The topological polar surface area (TPSA) is 60.7 Å². The van der Waals surface area contributed by atoms with Crippen LogP contribution in [-0.2, 0) is 13.0 Å². The Bertz CT molecular complexity index is 517. The molecule has 0 aromatic carbocycles. The van der Waals surface area contributed by atoms with E-state index in [0.29, 0.717) is 10.4 Å². The van der Waals surface area contributed by atoms with E-state index in [0.717, 1.165) is 36.6 Å². The van der Waals surface area contributed by atoms with Gasteiger partial charge in [-0.05, 0) is 24.4 Å². The van der Waals surface area contributed by atoms with Gasteiger partial charge in [0.15, 0.2) is 0 Å². The van der Waals surface area contributed by atoms with Crippen molar-refractivity contribution < 1.29 is 4.79 Å². The monoisotopic (exact) mass is 250 g/mol. The predicted octanol–water partition coefficient (Wildman–Crippen LogP) is 1.94. The molecule has 0 spiro atoms. The van der Waals surface area contributed by atoms with Gasteiger partial charge in [-0.2, -0.15) is 5.10 Å². The van der Waals surface area contributed by atoms with Crippen molar-refractivity contribution in [3.63, 3.8) is 0 Å². The first-order valence-corrected chi connectivity index (χ1v) is 6.42. The van der Waals surface area contributed by atoms with Crippen LogP contribution >= 0.6 is 11.5 Å². The summed E-state index contributed by atoms with van der Waals surface area (Å²) in [5.74, 6) is -0.0285. The number of hydrogen-bond donors (Lipinski definition) is 0. The number of nitrogens with zero attached hydrogens (tertiary/aromatic N) is 4. The Labute approximate surface area is 104 Å². The second-order valence-corrected chi connectivity index (χ2v) is 4.48. The van der Waals surface area contributed by atoms with Crippen molar-refractivity contribution in [2.24, 2.45) is 0 Å². The van der Waals surface area contributed by atoms with Crippen molar-refractivity contribution in [2.45, 2.75) is 33.2 Å². The van der Waals surface area contributed by atoms with Crippen LogP contribution in [0.4, 0.5) is 0 Å². The molecular formula is C11H14N4OS. The first-order valence-electron chi connectivity index (χ1n) is 5.64. The molecule has 2 heterocycles. The molecule has 6 heteroatoms. The normalized spacial score (nSPS) is 10.7. The Morgan fingerprint density at radius 3 is 3.00 bits per heavy atom. The Kier molecular flexibility index (Phi) is 3.63. The lowest BCUT2D eigenvalue weighted by atomic mass is 10.1. The molecule has 0 N–H and O–H groups in total. The summed E-state index contributed by atoms with van der Waals surface area (Å²) in [4.78, 5) is 12.8. The van der Waals surface area contributed by atoms with Crippen molar-refractivity contribution in [1.29, 1.82) is 0 Å². The lowest BCUT2D eigenvalue weighted by molar-refractivity contribution is 0.104. The van der Waals surface area contributed by atoms with E-state index in [1.165, 1.54) is 0 Å². The Morgan fingerprint density at radius 2 is 2.29 bits per heavy atom. The highest BCUT2D eigenvalue weighted by Gasteiger charge is 2.18. The minimum Gasteiger partial charge on any atom is -0.287 e. The third-order valence-electron chi connectivity index (χ3n) is 2.45. The van der Waals surface area contributed by atoms with Crippen molar-refractivity contribution in [3.8, 4) is 0 Å². The van der Waals surface area contributed by atoms with Crippen molar-refractivity contribution in [2.75, 3.05) is 0 Å². The number of carbonyl (C=O) groups excluding carboxylic acids is 1. The first-order chi connectivity index (χ1) is 8.26. The summed E-state index contributed by atoms with van der Waals surface area (Å²) in [7, 11) is 0. The Balaban J connectivity index is 2.24. The summed E-state index contributed by atoms with van der Waals surface area (Å²) >= 11 is 1.15. The fourth-order valence-electron chi connectivity index (χ4n) is 1.58. The molecule has 0 aliphatic carbocycles. The second-order valence-electron chi connectivity index (χ2n) is 3.72. The van der Waals surface area contributed by atoms with E-state index in [2.05, 4.69) is 21.6 Å². The van der Waals surface area contributed by atoms with Gasteiger partial charge in [0.05, 0.1) is 17.5 Å². The van der Waals surface area contributed by atoms with Gasteiger partial charge in [-0.25, -0.2) is 0 Å². The zero-order chi connectivity index (χ0) is 12.3. The molecule has 0 unspecified atom stereocenters. The fourth-order valence-corrected chi connectivity index (χ4v) is 2.29. The van der Waals surface area contributed by atoms with E-state index in [9.17, 15) is 4.79 Å². The molecule has 2 rings (SSSR count).